The Labute approximate surface area is 165 Å². The summed E-state index contributed by atoms with van der Waals surface area (Å²) < 4.78 is 30.4. The molecule has 0 rings (SSSR count). The second-order valence-electron chi connectivity index (χ2n) is 8.04. The van der Waals surface area contributed by atoms with Gasteiger partial charge in [-0.3, -0.25) is 4.57 Å². The molecule has 0 amide bonds. The van der Waals surface area contributed by atoms with Crippen LogP contribution in [0.15, 0.2) is 23.8 Å². The van der Waals surface area contributed by atoms with Gasteiger partial charge >= 0.3 is 13.6 Å². The predicted molar refractivity (Wildman–Crippen MR) is 113 cm³/mol. The van der Waals surface area contributed by atoms with Crippen LogP contribution in [0.5, 0.6) is 0 Å². The Hall–Kier alpha value is -0.723. The molecule has 8 heteroatoms. The normalized spacial score (nSPS) is 15.3. The number of carboxylic acid groups (broad SMARTS) is 1. The van der Waals surface area contributed by atoms with Crippen molar-refractivity contribution in [2.75, 3.05) is 19.4 Å². The van der Waals surface area contributed by atoms with Crippen LogP contribution < -0.4 is 0 Å². The summed E-state index contributed by atoms with van der Waals surface area (Å²) in [5.74, 6) is -0.995. The Morgan fingerprint density at radius 2 is 1.70 bits per heavy atom. The fourth-order valence-electron chi connectivity index (χ4n) is 2.24. The SMILES string of the molecule is CCOP(=O)(CC(C/C(C)=C\C=C\C(=O)O)O[Si](C)(C)C(C)(C)C)OCC. The summed E-state index contributed by atoms with van der Waals surface area (Å²) in [6.45, 7) is 16.8. The van der Waals surface area contributed by atoms with Crippen LogP contribution in [0.25, 0.3) is 0 Å². The molecule has 0 aliphatic carbocycles. The first kappa shape index (κ1) is 26.3. The molecule has 158 valence electrons. The zero-order valence-corrected chi connectivity index (χ0v) is 20.0. The number of rotatable bonds is 12. The Balaban J connectivity index is 5.55. The second kappa shape index (κ2) is 11.3. The maximum absolute atomic E-state index is 13.0. The molecule has 1 unspecified atom stereocenters. The molecule has 6 nitrogen and oxygen atoms in total. The van der Waals surface area contributed by atoms with Crippen molar-refractivity contribution in [3.8, 4) is 0 Å². The lowest BCUT2D eigenvalue weighted by atomic mass is 10.1. The molecule has 0 aliphatic rings. The minimum absolute atomic E-state index is 0.00724. The Morgan fingerprint density at radius 3 is 2.11 bits per heavy atom. The molecule has 0 spiro atoms. The number of carbonyl (C=O) groups is 1. The zero-order chi connectivity index (χ0) is 21.3. The minimum Gasteiger partial charge on any atom is -0.478 e. The molecule has 0 fully saturated rings. The Bertz CT molecular complexity index is 567. The lowest BCUT2D eigenvalue weighted by molar-refractivity contribution is -0.131. The summed E-state index contributed by atoms with van der Waals surface area (Å²) in [6, 6.07) is 0. The van der Waals surface area contributed by atoms with Crippen molar-refractivity contribution in [3.05, 3.63) is 23.8 Å². The van der Waals surface area contributed by atoms with E-state index in [2.05, 4.69) is 33.9 Å². The first-order chi connectivity index (χ1) is 12.3. The molecule has 0 aromatic rings. The van der Waals surface area contributed by atoms with Gasteiger partial charge in [-0.05, 0) is 45.3 Å². The van der Waals surface area contributed by atoms with Gasteiger partial charge < -0.3 is 18.6 Å². The van der Waals surface area contributed by atoms with Crippen molar-refractivity contribution in [2.24, 2.45) is 0 Å². The van der Waals surface area contributed by atoms with E-state index in [-0.39, 0.29) is 17.3 Å². The van der Waals surface area contributed by atoms with Gasteiger partial charge in [-0.2, -0.15) is 0 Å². The first-order valence-electron chi connectivity index (χ1n) is 9.39. The zero-order valence-electron chi connectivity index (χ0n) is 18.1. The lowest BCUT2D eigenvalue weighted by Crippen LogP contribution is -2.45. The number of hydrogen-bond donors (Lipinski definition) is 1. The van der Waals surface area contributed by atoms with E-state index in [1.165, 1.54) is 6.08 Å². The van der Waals surface area contributed by atoms with Crippen LogP contribution >= 0.6 is 7.60 Å². The summed E-state index contributed by atoms with van der Waals surface area (Å²) >= 11 is 0. The molecule has 0 heterocycles. The third kappa shape index (κ3) is 10.4. The fraction of sp³-hybridized carbons (Fsp3) is 0.737. The Kier molecular flexibility index (Phi) is 11.0. The van der Waals surface area contributed by atoms with Gasteiger partial charge in [0, 0.05) is 6.08 Å². The van der Waals surface area contributed by atoms with Crippen LogP contribution in [0, 0.1) is 0 Å². The van der Waals surface area contributed by atoms with Gasteiger partial charge in [0.1, 0.15) is 0 Å². The fourth-order valence-corrected chi connectivity index (χ4v) is 5.51. The highest BCUT2D eigenvalue weighted by molar-refractivity contribution is 7.53. The van der Waals surface area contributed by atoms with Crippen molar-refractivity contribution < 1.29 is 27.9 Å². The highest BCUT2D eigenvalue weighted by Crippen LogP contribution is 2.50. The van der Waals surface area contributed by atoms with Crippen molar-refractivity contribution >= 4 is 21.9 Å². The molecule has 27 heavy (non-hydrogen) atoms. The number of allylic oxidation sites excluding steroid dienone is 2. The van der Waals surface area contributed by atoms with E-state index < -0.39 is 21.9 Å². The van der Waals surface area contributed by atoms with E-state index in [4.69, 9.17) is 18.6 Å². The quantitative estimate of drug-likeness (QED) is 0.191. The van der Waals surface area contributed by atoms with E-state index in [0.29, 0.717) is 19.6 Å². The van der Waals surface area contributed by atoms with Crippen molar-refractivity contribution in [1.82, 2.24) is 0 Å². The van der Waals surface area contributed by atoms with Crippen LogP contribution in [0.3, 0.4) is 0 Å². The predicted octanol–water partition coefficient (Wildman–Crippen LogP) is 5.62. The largest absolute Gasteiger partial charge is 0.478 e. The molecule has 0 aromatic carbocycles. The lowest BCUT2D eigenvalue weighted by Gasteiger charge is -2.40. The van der Waals surface area contributed by atoms with Crippen LogP contribution in [0.1, 0.15) is 48.0 Å². The minimum atomic E-state index is -3.25. The van der Waals surface area contributed by atoms with E-state index in [1.54, 1.807) is 19.9 Å². The molecule has 0 saturated heterocycles. The topological polar surface area (TPSA) is 82.1 Å². The molecule has 1 N–H and O–H groups in total. The third-order valence-electron chi connectivity index (χ3n) is 4.52. The summed E-state index contributed by atoms with van der Waals surface area (Å²) in [6.07, 6.45) is 4.69. The van der Waals surface area contributed by atoms with E-state index in [0.717, 1.165) is 11.6 Å². The highest BCUT2D eigenvalue weighted by Gasteiger charge is 2.41. The highest BCUT2D eigenvalue weighted by atomic mass is 31.2. The molecule has 0 bridgehead atoms. The second-order valence-corrected chi connectivity index (χ2v) is 14.9. The number of carboxylic acids is 1. The van der Waals surface area contributed by atoms with Crippen LogP contribution in [-0.4, -0.2) is 44.9 Å². The molecule has 0 aromatic heterocycles. The molecule has 1 atom stereocenters. The van der Waals surface area contributed by atoms with Gasteiger partial charge in [0.15, 0.2) is 8.32 Å². The summed E-state index contributed by atoms with van der Waals surface area (Å²) in [5.41, 5.74) is 0.941. The first-order valence-corrected chi connectivity index (χ1v) is 14.0. The summed E-state index contributed by atoms with van der Waals surface area (Å²) in [4.78, 5) is 10.6. The number of aliphatic carboxylic acids is 1. The number of hydrogen-bond acceptors (Lipinski definition) is 5. The molecule has 0 saturated carbocycles. The van der Waals surface area contributed by atoms with Gasteiger partial charge in [0.05, 0.1) is 25.5 Å². The van der Waals surface area contributed by atoms with Gasteiger partial charge in [0.2, 0.25) is 0 Å². The smallest absolute Gasteiger partial charge is 0.333 e. The van der Waals surface area contributed by atoms with Crippen LogP contribution in [0.2, 0.25) is 18.1 Å². The van der Waals surface area contributed by atoms with E-state index in [9.17, 15) is 9.36 Å². The summed E-state index contributed by atoms with van der Waals surface area (Å²) in [7, 11) is -5.35. The van der Waals surface area contributed by atoms with Gasteiger partial charge in [-0.25, -0.2) is 4.79 Å². The molecule has 0 aliphatic heterocycles. The average molecular weight is 421 g/mol. The Morgan fingerprint density at radius 1 is 1.19 bits per heavy atom. The maximum atomic E-state index is 13.0. The van der Waals surface area contributed by atoms with Crippen LogP contribution in [-0.2, 0) is 22.8 Å². The summed E-state index contributed by atoms with van der Waals surface area (Å²) in [5, 5.41) is 8.72. The van der Waals surface area contributed by atoms with E-state index in [1.807, 2.05) is 6.92 Å². The monoisotopic (exact) mass is 420 g/mol. The van der Waals surface area contributed by atoms with Gasteiger partial charge in [0.25, 0.3) is 0 Å². The molecule has 0 radical (unpaired) electrons. The molecular weight excluding hydrogens is 383 g/mol. The van der Waals surface area contributed by atoms with Crippen molar-refractivity contribution in [3.63, 3.8) is 0 Å². The molecular formula is C19H37O6PSi. The maximum Gasteiger partial charge on any atom is 0.333 e. The van der Waals surface area contributed by atoms with Gasteiger partial charge in [-0.15, -0.1) is 0 Å². The van der Waals surface area contributed by atoms with Gasteiger partial charge in [-0.1, -0.05) is 38.5 Å². The van der Waals surface area contributed by atoms with Crippen molar-refractivity contribution in [1.29, 1.82) is 0 Å². The average Bonchev–Trinajstić information content (AvgIpc) is 2.44. The third-order valence-corrected chi connectivity index (χ3v) is 11.2. The van der Waals surface area contributed by atoms with Crippen LogP contribution in [0.4, 0.5) is 0 Å². The standard InChI is InChI=1S/C19H37O6PSi/c1-9-23-26(22,24-10-2)15-17(25-27(7,8)19(4,5)6)14-16(3)12-11-13-18(20)21/h11-13,17H,9-10,14-15H2,1-8H3,(H,20,21)/b13-11+,16-12-. The van der Waals surface area contributed by atoms with E-state index >= 15 is 0 Å². The van der Waals surface area contributed by atoms with Crippen molar-refractivity contribution in [2.45, 2.75) is 72.2 Å².